The Balaban J connectivity index is 1.85. The van der Waals surface area contributed by atoms with Crippen LogP contribution in [-0.2, 0) is 9.59 Å². The highest BCUT2D eigenvalue weighted by Gasteiger charge is 2.35. The minimum absolute atomic E-state index is 0.110. The van der Waals surface area contributed by atoms with Crippen molar-refractivity contribution in [1.29, 1.82) is 0 Å². The summed E-state index contributed by atoms with van der Waals surface area (Å²) in [6, 6.07) is -0.318. The molecule has 2 saturated carbocycles. The second-order valence-electron chi connectivity index (χ2n) is 6.36. The SMILES string of the molecule is CCC(=O)C(C)NC(=O)C1CCC2CCCCC2C1. The average Bonchev–Trinajstić information content (AvgIpc) is 2.45. The molecule has 3 heteroatoms. The van der Waals surface area contributed by atoms with Gasteiger partial charge in [0, 0.05) is 12.3 Å². The topological polar surface area (TPSA) is 46.2 Å². The zero-order valence-corrected chi connectivity index (χ0v) is 12.3. The number of nitrogens with one attached hydrogen (secondary N) is 1. The van der Waals surface area contributed by atoms with Gasteiger partial charge in [-0.1, -0.05) is 32.6 Å². The van der Waals surface area contributed by atoms with E-state index in [-0.39, 0.29) is 23.7 Å². The van der Waals surface area contributed by atoms with Crippen molar-refractivity contribution < 1.29 is 9.59 Å². The number of hydrogen-bond acceptors (Lipinski definition) is 2. The molecule has 0 aromatic carbocycles. The van der Waals surface area contributed by atoms with Crippen LogP contribution in [0.2, 0.25) is 0 Å². The summed E-state index contributed by atoms with van der Waals surface area (Å²) >= 11 is 0. The van der Waals surface area contributed by atoms with E-state index in [0.717, 1.165) is 24.7 Å². The third-order valence-electron chi connectivity index (χ3n) is 5.10. The third kappa shape index (κ3) is 3.58. The molecule has 0 saturated heterocycles. The van der Waals surface area contributed by atoms with Crippen LogP contribution in [0.25, 0.3) is 0 Å². The van der Waals surface area contributed by atoms with Gasteiger partial charge in [0.05, 0.1) is 6.04 Å². The highest BCUT2D eigenvalue weighted by molar-refractivity contribution is 5.89. The molecule has 2 aliphatic carbocycles. The van der Waals surface area contributed by atoms with Crippen molar-refractivity contribution in [3.63, 3.8) is 0 Å². The molecule has 0 spiro atoms. The van der Waals surface area contributed by atoms with E-state index < -0.39 is 0 Å². The van der Waals surface area contributed by atoms with Crippen molar-refractivity contribution in [2.24, 2.45) is 17.8 Å². The first kappa shape index (κ1) is 14.5. The molecule has 1 amide bonds. The summed E-state index contributed by atoms with van der Waals surface area (Å²) in [6.07, 6.45) is 9.14. The van der Waals surface area contributed by atoms with Crippen LogP contribution in [0.5, 0.6) is 0 Å². The van der Waals surface area contributed by atoms with E-state index >= 15 is 0 Å². The Hall–Kier alpha value is -0.860. The van der Waals surface area contributed by atoms with Crippen molar-refractivity contribution in [2.75, 3.05) is 0 Å². The summed E-state index contributed by atoms with van der Waals surface area (Å²) in [5.41, 5.74) is 0. The van der Waals surface area contributed by atoms with Crippen LogP contribution in [0, 0.1) is 17.8 Å². The number of hydrogen-bond donors (Lipinski definition) is 1. The fourth-order valence-corrected chi connectivity index (χ4v) is 3.83. The first-order chi connectivity index (χ1) is 9.11. The Morgan fingerprint density at radius 2 is 1.79 bits per heavy atom. The van der Waals surface area contributed by atoms with Gasteiger partial charge in [-0.15, -0.1) is 0 Å². The summed E-state index contributed by atoms with van der Waals surface area (Å²) in [6.45, 7) is 3.65. The number of amides is 1. The molecular formula is C16H27NO2. The van der Waals surface area contributed by atoms with E-state index in [0.29, 0.717) is 6.42 Å². The van der Waals surface area contributed by atoms with Gasteiger partial charge in [0.15, 0.2) is 5.78 Å². The minimum atomic E-state index is -0.318. The molecule has 19 heavy (non-hydrogen) atoms. The van der Waals surface area contributed by atoms with E-state index in [4.69, 9.17) is 0 Å². The normalized spacial score (nSPS) is 32.2. The minimum Gasteiger partial charge on any atom is -0.346 e. The zero-order chi connectivity index (χ0) is 13.8. The van der Waals surface area contributed by atoms with E-state index in [1.165, 1.54) is 32.1 Å². The summed E-state index contributed by atoms with van der Waals surface area (Å²) in [5, 5.41) is 2.91. The number of carbonyl (C=O) groups is 2. The average molecular weight is 265 g/mol. The molecule has 3 nitrogen and oxygen atoms in total. The van der Waals surface area contributed by atoms with Crippen LogP contribution < -0.4 is 5.32 Å². The largest absolute Gasteiger partial charge is 0.346 e. The zero-order valence-electron chi connectivity index (χ0n) is 12.3. The molecule has 1 N–H and O–H groups in total. The van der Waals surface area contributed by atoms with Crippen LogP contribution in [0.4, 0.5) is 0 Å². The first-order valence-corrected chi connectivity index (χ1v) is 7.95. The van der Waals surface area contributed by atoms with Gasteiger partial charge in [0.2, 0.25) is 5.91 Å². The standard InChI is InChI=1S/C16H27NO2/c1-3-15(18)11(2)17-16(19)14-9-8-12-6-4-5-7-13(12)10-14/h11-14H,3-10H2,1-2H3,(H,17,19). The molecule has 2 aliphatic rings. The van der Waals surface area contributed by atoms with Crippen molar-refractivity contribution in [2.45, 2.75) is 71.3 Å². The van der Waals surface area contributed by atoms with Crippen LogP contribution in [0.1, 0.15) is 65.2 Å². The van der Waals surface area contributed by atoms with Crippen molar-refractivity contribution in [1.82, 2.24) is 5.32 Å². The number of carbonyl (C=O) groups excluding carboxylic acids is 2. The molecule has 0 heterocycles. The fourth-order valence-electron chi connectivity index (χ4n) is 3.83. The molecule has 0 bridgehead atoms. The van der Waals surface area contributed by atoms with E-state index in [9.17, 15) is 9.59 Å². The van der Waals surface area contributed by atoms with Crippen molar-refractivity contribution in [3.8, 4) is 0 Å². The number of rotatable bonds is 4. The number of fused-ring (bicyclic) bond motifs is 1. The monoisotopic (exact) mass is 265 g/mol. The molecule has 0 aromatic heterocycles. The second kappa shape index (κ2) is 6.53. The maximum atomic E-state index is 12.2. The van der Waals surface area contributed by atoms with Crippen LogP contribution in [0.3, 0.4) is 0 Å². The predicted molar refractivity (Wildman–Crippen MR) is 75.7 cm³/mol. The molecule has 0 aliphatic heterocycles. The molecule has 4 atom stereocenters. The Kier molecular flexibility index (Phi) is 5.00. The van der Waals surface area contributed by atoms with Crippen LogP contribution >= 0.6 is 0 Å². The highest BCUT2D eigenvalue weighted by atomic mass is 16.2. The number of Topliss-reactive ketones (excluding diaryl/α,β-unsaturated/α-hetero) is 1. The first-order valence-electron chi connectivity index (χ1n) is 7.95. The predicted octanol–water partition coefficient (Wildman–Crippen LogP) is 3.08. The number of ketones is 1. The van der Waals surface area contributed by atoms with Gasteiger partial charge in [0.25, 0.3) is 0 Å². The van der Waals surface area contributed by atoms with Crippen LogP contribution in [-0.4, -0.2) is 17.7 Å². The smallest absolute Gasteiger partial charge is 0.223 e. The van der Waals surface area contributed by atoms with Gasteiger partial charge >= 0.3 is 0 Å². The maximum absolute atomic E-state index is 12.2. The van der Waals surface area contributed by atoms with E-state index in [1.807, 2.05) is 6.92 Å². The molecule has 0 radical (unpaired) electrons. The molecule has 2 rings (SSSR count). The van der Waals surface area contributed by atoms with E-state index in [1.54, 1.807) is 6.92 Å². The lowest BCUT2D eigenvalue weighted by Crippen LogP contribution is -2.43. The lowest BCUT2D eigenvalue weighted by Gasteiger charge is -2.38. The Morgan fingerprint density at radius 3 is 2.47 bits per heavy atom. The van der Waals surface area contributed by atoms with Gasteiger partial charge < -0.3 is 5.32 Å². The van der Waals surface area contributed by atoms with Crippen molar-refractivity contribution in [3.05, 3.63) is 0 Å². The second-order valence-corrected chi connectivity index (χ2v) is 6.36. The third-order valence-corrected chi connectivity index (χ3v) is 5.10. The summed E-state index contributed by atoms with van der Waals surface area (Å²) in [5.74, 6) is 2.01. The molecule has 0 aromatic rings. The lowest BCUT2D eigenvalue weighted by atomic mass is 9.67. The Labute approximate surface area is 116 Å². The van der Waals surface area contributed by atoms with Gasteiger partial charge in [-0.25, -0.2) is 0 Å². The summed E-state index contributed by atoms with van der Waals surface area (Å²) in [4.78, 5) is 23.8. The van der Waals surface area contributed by atoms with Gasteiger partial charge in [-0.3, -0.25) is 9.59 Å². The Bertz CT molecular complexity index is 340. The molecule has 108 valence electrons. The summed E-state index contributed by atoms with van der Waals surface area (Å²) in [7, 11) is 0. The van der Waals surface area contributed by atoms with E-state index in [2.05, 4.69) is 5.32 Å². The van der Waals surface area contributed by atoms with Gasteiger partial charge in [0.1, 0.15) is 0 Å². The van der Waals surface area contributed by atoms with Crippen LogP contribution in [0.15, 0.2) is 0 Å². The maximum Gasteiger partial charge on any atom is 0.223 e. The Morgan fingerprint density at radius 1 is 1.11 bits per heavy atom. The molecule has 4 unspecified atom stereocenters. The molecular weight excluding hydrogens is 238 g/mol. The highest BCUT2D eigenvalue weighted by Crippen LogP contribution is 2.42. The quantitative estimate of drug-likeness (QED) is 0.849. The lowest BCUT2D eigenvalue weighted by molar-refractivity contribution is -0.131. The van der Waals surface area contributed by atoms with Gasteiger partial charge in [-0.05, 0) is 38.0 Å². The molecule has 2 fully saturated rings. The van der Waals surface area contributed by atoms with Gasteiger partial charge in [-0.2, -0.15) is 0 Å². The fraction of sp³-hybridized carbons (Fsp3) is 0.875. The van der Waals surface area contributed by atoms with Crippen molar-refractivity contribution >= 4 is 11.7 Å². The summed E-state index contributed by atoms with van der Waals surface area (Å²) < 4.78 is 0.